The molecule has 1 rings (SSSR count). The maximum atomic E-state index is 12.9. The average Bonchev–Trinajstić information content (AvgIpc) is 2.71. The van der Waals surface area contributed by atoms with Crippen molar-refractivity contribution in [3.8, 4) is 0 Å². The van der Waals surface area contributed by atoms with Crippen LogP contribution in [0.2, 0.25) is 10.6 Å². The van der Waals surface area contributed by atoms with Gasteiger partial charge in [-0.25, -0.2) is 4.79 Å². The second kappa shape index (κ2) is 6.69. The Labute approximate surface area is 153 Å². The number of rotatable bonds is 3. The van der Waals surface area contributed by atoms with Gasteiger partial charge in [-0.1, -0.05) is 48.1 Å². The molecule has 0 spiro atoms. The largest absolute Gasteiger partial charge is 0.630 e. The molecule has 0 aromatic rings. The van der Waals surface area contributed by atoms with E-state index >= 15 is 0 Å². The molecule has 0 aliphatic carbocycles. The molecule has 0 bridgehead atoms. The zero-order valence-electron chi connectivity index (χ0n) is 17.7. The second-order valence-electron chi connectivity index (χ2n) is 10.1. The van der Waals surface area contributed by atoms with E-state index in [2.05, 4.69) is 48.1 Å². The van der Waals surface area contributed by atoms with Gasteiger partial charge in [0.2, 0.25) is 0 Å². The molecule has 5 nitrogen and oxygen atoms in total. The van der Waals surface area contributed by atoms with Crippen LogP contribution >= 0.6 is 0 Å². The Hall–Kier alpha value is -1.46. The van der Waals surface area contributed by atoms with Gasteiger partial charge >= 0.3 is 12.1 Å². The molecular formula is C19H36BNO4. The molecular weight excluding hydrogens is 317 g/mol. The van der Waals surface area contributed by atoms with Crippen molar-refractivity contribution in [2.45, 2.75) is 84.5 Å². The maximum Gasteiger partial charge on any atom is 0.498 e. The van der Waals surface area contributed by atoms with E-state index in [1.54, 1.807) is 6.08 Å². The Bertz CT molecular complexity index is 547. The predicted molar refractivity (Wildman–Crippen MR) is 103 cm³/mol. The number of carbonyl (C=O) groups excluding carboxylic acids is 1. The highest BCUT2D eigenvalue weighted by molar-refractivity contribution is 6.84. The van der Waals surface area contributed by atoms with Crippen molar-refractivity contribution in [2.75, 3.05) is 13.7 Å². The monoisotopic (exact) mass is 353 g/mol. The highest BCUT2D eigenvalue weighted by Crippen LogP contribution is 2.56. The molecule has 25 heavy (non-hydrogen) atoms. The van der Waals surface area contributed by atoms with Gasteiger partial charge in [-0.3, -0.25) is 0 Å². The quantitative estimate of drug-likeness (QED) is 0.333. The van der Waals surface area contributed by atoms with E-state index in [1.807, 2.05) is 25.3 Å². The van der Waals surface area contributed by atoms with E-state index in [0.29, 0.717) is 12.6 Å². The summed E-state index contributed by atoms with van der Waals surface area (Å²) in [7, 11) is 1.42. The van der Waals surface area contributed by atoms with Crippen LogP contribution in [0.1, 0.15) is 62.3 Å². The third-order valence-electron chi connectivity index (χ3n) is 5.04. The normalized spacial score (nSPS) is 21.0. The van der Waals surface area contributed by atoms with Gasteiger partial charge in [-0.2, -0.15) is 4.58 Å². The first-order chi connectivity index (χ1) is 11.1. The topological polar surface area (TPSA) is 47.8 Å². The van der Waals surface area contributed by atoms with E-state index in [4.69, 9.17) is 14.1 Å². The lowest BCUT2D eigenvalue weighted by Gasteiger charge is -2.55. The summed E-state index contributed by atoms with van der Waals surface area (Å²) in [6.07, 6.45) is 0.428. The summed E-state index contributed by atoms with van der Waals surface area (Å²) in [5.74, 6) is -0.875. The summed E-state index contributed by atoms with van der Waals surface area (Å²) >= 11 is 0. The van der Waals surface area contributed by atoms with E-state index in [-0.39, 0.29) is 16.6 Å². The summed E-state index contributed by atoms with van der Waals surface area (Å²) in [5, 5.41) is -0.584. The number of nitrogens with zero attached hydrogens (tertiary/aromatic N) is 1. The fraction of sp³-hybridized carbons (Fsp3) is 0.789. The lowest BCUT2D eigenvalue weighted by Crippen LogP contribution is -2.65. The molecule has 0 saturated carbocycles. The maximum absolute atomic E-state index is 12.9. The molecule has 0 amide bonds. The summed E-state index contributed by atoms with van der Waals surface area (Å²) < 4.78 is 19.8. The Kier molecular flexibility index (Phi) is 5.78. The number of hydrogen-bond acceptors (Lipinski definition) is 4. The van der Waals surface area contributed by atoms with Gasteiger partial charge in [0, 0.05) is 0 Å². The summed E-state index contributed by atoms with van der Waals surface area (Å²) in [4.78, 5) is 12.9. The third-order valence-corrected chi connectivity index (χ3v) is 5.04. The first kappa shape index (κ1) is 21.6. The molecule has 0 aromatic carbocycles. The van der Waals surface area contributed by atoms with E-state index in [0.717, 1.165) is 0 Å². The molecule has 144 valence electrons. The van der Waals surface area contributed by atoms with Gasteiger partial charge in [-0.05, 0) is 26.8 Å². The van der Waals surface area contributed by atoms with Crippen molar-refractivity contribution in [3.63, 3.8) is 0 Å². The molecule has 1 heterocycles. The van der Waals surface area contributed by atoms with Crippen molar-refractivity contribution in [1.29, 1.82) is 0 Å². The van der Waals surface area contributed by atoms with Crippen molar-refractivity contribution < 1.29 is 23.5 Å². The van der Waals surface area contributed by atoms with E-state index < -0.39 is 17.9 Å². The Morgan fingerprint density at radius 2 is 1.64 bits per heavy atom. The van der Waals surface area contributed by atoms with Crippen LogP contribution in [0.25, 0.3) is 0 Å². The van der Waals surface area contributed by atoms with Crippen LogP contribution in [0.5, 0.6) is 0 Å². The highest BCUT2D eigenvalue weighted by Gasteiger charge is 2.66. The zero-order chi connectivity index (χ0) is 19.8. The molecule has 0 radical (unpaired) electrons. The number of hydrogen-bond donors (Lipinski definition) is 0. The fourth-order valence-electron chi connectivity index (χ4n) is 4.37. The minimum absolute atomic E-state index is 0.292. The Balaban J connectivity index is 3.72. The molecule has 0 saturated heterocycles. The summed E-state index contributed by atoms with van der Waals surface area (Å²) in [6.45, 7) is 22.8. The van der Waals surface area contributed by atoms with Crippen molar-refractivity contribution in [1.82, 2.24) is 0 Å². The minimum atomic E-state index is -1.71. The molecule has 0 aromatic heterocycles. The molecule has 1 aliphatic rings. The van der Waals surface area contributed by atoms with Crippen molar-refractivity contribution >= 4 is 18.4 Å². The van der Waals surface area contributed by atoms with Crippen LogP contribution in [0.4, 0.5) is 0 Å². The molecule has 1 aliphatic heterocycles. The Morgan fingerprint density at radius 1 is 1.16 bits per heavy atom. The van der Waals surface area contributed by atoms with Gasteiger partial charge in [0.15, 0.2) is 12.5 Å². The first-order valence-corrected chi connectivity index (χ1v) is 8.98. The van der Waals surface area contributed by atoms with Gasteiger partial charge in [0.05, 0.1) is 7.11 Å². The van der Waals surface area contributed by atoms with Gasteiger partial charge < -0.3 is 14.1 Å². The molecule has 1 unspecified atom stereocenters. The SMILES string of the molecule is C=CC[N+]1=C(OC(C)(C)C)O[B-](C(C)(C)C)(C(C)(C)C)C1C(=O)OC. The van der Waals surface area contributed by atoms with Crippen LogP contribution in [-0.4, -0.2) is 48.2 Å². The van der Waals surface area contributed by atoms with Crippen LogP contribution in [0.3, 0.4) is 0 Å². The third kappa shape index (κ3) is 3.88. The van der Waals surface area contributed by atoms with Crippen molar-refractivity contribution in [2.24, 2.45) is 0 Å². The lowest BCUT2D eigenvalue weighted by atomic mass is 9.14. The molecule has 1 atom stereocenters. The smallest absolute Gasteiger partial charge is 0.498 e. The molecule has 6 heteroatoms. The number of esters is 1. The molecule has 0 fully saturated rings. The van der Waals surface area contributed by atoms with Crippen LogP contribution in [0, 0.1) is 0 Å². The van der Waals surface area contributed by atoms with E-state index in [9.17, 15) is 4.79 Å². The first-order valence-electron chi connectivity index (χ1n) is 8.98. The summed E-state index contributed by atoms with van der Waals surface area (Å²) in [6, 6.07) is 0. The Morgan fingerprint density at radius 3 is 1.96 bits per heavy atom. The average molecular weight is 353 g/mol. The minimum Gasteiger partial charge on any atom is -0.630 e. The summed E-state index contributed by atoms with van der Waals surface area (Å²) in [5.41, 5.74) is -0.447. The van der Waals surface area contributed by atoms with Gasteiger partial charge in [0.1, 0.15) is 5.60 Å². The highest BCUT2D eigenvalue weighted by atomic mass is 16.7. The number of methoxy groups -OCH3 is 1. The van der Waals surface area contributed by atoms with Crippen LogP contribution in [0.15, 0.2) is 12.7 Å². The second-order valence-corrected chi connectivity index (χ2v) is 10.1. The van der Waals surface area contributed by atoms with Gasteiger partial charge in [0.25, 0.3) is 6.35 Å². The standard InChI is InChI=1S/C19H36BNO4/c1-12-13-21-14(15(22)23-11)20(17(2,3)4,18(5,6)7)25-16(21)24-19(8,9)10/h12,14H,1,13H2,2-11H3. The van der Waals surface area contributed by atoms with Crippen molar-refractivity contribution in [3.05, 3.63) is 12.7 Å². The lowest BCUT2D eigenvalue weighted by molar-refractivity contribution is -0.535. The fourth-order valence-corrected chi connectivity index (χ4v) is 4.37. The van der Waals surface area contributed by atoms with Gasteiger partial charge in [-0.15, -0.1) is 10.6 Å². The molecule has 0 N–H and O–H groups in total. The number of carbonyl (C=O) groups is 1. The predicted octanol–water partition coefficient (Wildman–Crippen LogP) is 4.01. The van der Waals surface area contributed by atoms with Crippen LogP contribution in [-0.2, 0) is 18.9 Å². The van der Waals surface area contributed by atoms with Crippen LogP contribution < -0.4 is 0 Å². The number of ether oxygens (including phenoxy) is 2. The van der Waals surface area contributed by atoms with E-state index in [1.165, 1.54) is 7.11 Å². The zero-order valence-corrected chi connectivity index (χ0v) is 17.7.